The van der Waals surface area contributed by atoms with Gasteiger partial charge in [0, 0.05) is 37.0 Å². The lowest BCUT2D eigenvalue weighted by atomic mass is 9.58. The van der Waals surface area contributed by atoms with Gasteiger partial charge in [0.15, 0.2) is 17.1 Å². The number of ketones is 2. The quantitative estimate of drug-likeness (QED) is 0.182. The van der Waals surface area contributed by atoms with Gasteiger partial charge in [0.05, 0.1) is 24.4 Å². The average Bonchev–Trinajstić information content (AvgIpc) is 2.96. The molecule has 2 aromatic rings. The third-order valence-corrected chi connectivity index (χ3v) is 8.78. The molecule has 0 aliphatic heterocycles. The van der Waals surface area contributed by atoms with Crippen molar-refractivity contribution in [2.24, 2.45) is 17.6 Å². The van der Waals surface area contributed by atoms with E-state index in [0.29, 0.717) is 22.7 Å². The maximum Gasteiger partial charge on any atom is 0.323 e. The van der Waals surface area contributed by atoms with Gasteiger partial charge in [-0.25, -0.2) is 4.79 Å². The number of hydrogen-bond acceptors (Lipinski definition) is 11. The van der Waals surface area contributed by atoms with Gasteiger partial charge in [0.25, 0.3) is 5.91 Å². The number of nitrogens with two attached hydrogens (primary N) is 1. The normalized spacial score (nSPS) is 24.1. The number of aliphatic hydroxyl groups excluding tert-OH is 2. The van der Waals surface area contributed by atoms with Crippen LogP contribution in [-0.4, -0.2) is 95.8 Å². The molecule has 0 saturated heterocycles. The molecular weight excluding hydrogens is 586 g/mol. The number of carbonyl (C=O) groups excluding carboxylic acids is 4. The standard InChI is InChI=1S/C31H35N5O9/c1-35(2)19-12-18(34-30(43)33-14-6-8-15(45-5)9-7-14)24(37)21-16(19)10-13-11-17-23(36(3)4)26(39)22(29(32)42)28(41)31(17,44)27(40)20(13)25(21)38/h6-9,12-13,17,23,37,39-40,44H,10-11H2,1-5H3,(H2,32,42)(H2,33,34,43)/t13-,17-,23+,31-/m0/s1. The van der Waals surface area contributed by atoms with E-state index in [1.165, 1.54) is 18.1 Å². The number of Topliss-reactive ketones (excluding diaryl/α,β-unsaturated/α-hetero) is 2. The van der Waals surface area contributed by atoms with Gasteiger partial charge in [-0.2, -0.15) is 0 Å². The van der Waals surface area contributed by atoms with Crippen molar-refractivity contribution in [1.82, 2.24) is 4.90 Å². The number of urea groups is 1. The first-order valence-electron chi connectivity index (χ1n) is 14.1. The van der Waals surface area contributed by atoms with E-state index in [1.807, 2.05) is 0 Å². The molecule has 0 saturated carbocycles. The highest BCUT2D eigenvalue weighted by Crippen LogP contribution is 2.54. The van der Waals surface area contributed by atoms with Crippen LogP contribution in [0.3, 0.4) is 0 Å². The summed E-state index contributed by atoms with van der Waals surface area (Å²) in [4.78, 5) is 55.9. The van der Waals surface area contributed by atoms with E-state index in [0.717, 1.165) is 0 Å². The first kappa shape index (κ1) is 31.3. The van der Waals surface area contributed by atoms with E-state index in [9.17, 15) is 39.6 Å². The number of phenolic OH excluding ortho intramolecular Hbond substituents is 1. The number of aromatic hydroxyl groups is 1. The summed E-state index contributed by atoms with van der Waals surface area (Å²) in [5.74, 6) is -6.94. The second kappa shape index (κ2) is 11.1. The molecular formula is C31H35N5O9. The number of allylic oxidation sites excluding steroid dienone is 1. The largest absolute Gasteiger partial charge is 0.510 e. The van der Waals surface area contributed by atoms with Gasteiger partial charge in [-0.15, -0.1) is 0 Å². The van der Waals surface area contributed by atoms with E-state index in [4.69, 9.17) is 10.5 Å². The SMILES string of the molecule is COc1ccc(NC(=O)Nc2cc(N(C)C)c3c(c2O)C(=O)C2=C(O)[C@]4(O)C(=O)C(C(N)=O)=C(O)[C@H](N(C)C)[C@@H]4C[C@@H]2C3)cc1. The van der Waals surface area contributed by atoms with E-state index in [-0.39, 0.29) is 29.7 Å². The maximum absolute atomic E-state index is 14.1. The molecule has 14 nitrogen and oxygen atoms in total. The molecule has 0 fully saturated rings. The minimum Gasteiger partial charge on any atom is -0.510 e. The molecule has 4 atom stereocenters. The van der Waals surface area contributed by atoms with E-state index in [1.54, 1.807) is 57.4 Å². The number of aliphatic hydroxyl groups is 3. The number of hydrogen-bond donors (Lipinski definition) is 7. The van der Waals surface area contributed by atoms with Crippen molar-refractivity contribution < 1.29 is 44.3 Å². The van der Waals surface area contributed by atoms with Crippen LogP contribution in [0.25, 0.3) is 0 Å². The van der Waals surface area contributed by atoms with Gasteiger partial charge in [-0.05, 0) is 68.8 Å². The van der Waals surface area contributed by atoms with Crippen LogP contribution in [0, 0.1) is 11.8 Å². The Morgan fingerprint density at radius 3 is 2.24 bits per heavy atom. The fraction of sp³-hybridized carbons (Fsp3) is 0.355. The van der Waals surface area contributed by atoms with Crippen LogP contribution in [0.1, 0.15) is 22.3 Å². The van der Waals surface area contributed by atoms with Crippen molar-refractivity contribution in [3.05, 3.63) is 64.1 Å². The zero-order chi connectivity index (χ0) is 33.1. The number of likely N-dealkylation sites (N-methyl/N-ethyl adjacent to an activating group) is 1. The molecule has 0 spiro atoms. The number of rotatable bonds is 6. The number of methoxy groups -OCH3 is 1. The fourth-order valence-corrected chi connectivity index (χ4v) is 6.75. The number of amides is 3. The number of anilines is 3. The minimum absolute atomic E-state index is 0.0380. The molecule has 0 bridgehead atoms. The molecule has 14 heteroatoms. The Bertz CT molecular complexity index is 1700. The Morgan fingerprint density at radius 2 is 1.69 bits per heavy atom. The van der Waals surface area contributed by atoms with E-state index in [2.05, 4.69) is 10.6 Å². The number of benzene rings is 2. The van der Waals surface area contributed by atoms with Crippen LogP contribution in [0.15, 0.2) is 53.0 Å². The topological polar surface area (TPSA) is 215 Å². The second-order valence-corrected chi connectivity index (χ2v) is 11.8. The number of ether oxygens (including phenoxy) is 1. The molecule has 2 aromatic carbocycles. The van der Waals surface area contributed by atoms with Gasteiger partial charge in [0.2, 0.25) is 5.78 Å². The average molecular weight is 622 g/mol. The van der Waals surface area contributed by atoms with Crippen LogP contribution in [0.2, 0.25) is 0 Å². The summed E-state index contributed by atoms with van der Waals surface area (Å²) >= 11 is 0. The van der Waals surface area contributed by atoms with Crippen LogP contribution < -0.4 is 26.0 Å². The lowest BCUT2D eigenvalue weighted by molar-refractivity contribution is -0.148. The summed E-state index contributed by atoms with van der Waals surface area (Å²) in [6.45, 7) is 0. The zero-order valence-corrected chi connectivity index (χ0v) is 25.3. The third-order valence-electron chi connectivity index (χ3n) is 8.78. The minimum atomic E-state index is -2.75. The Balaban J connectivity index is 1.60. The molecule has 0 unspecified atom stereocenters. The Labute approximate surface area is 258 Å². The molecule has 0 heterocycles. The number of nitrogens with one attached hydrogen (secondary N) is 2. The molecule has 3 aliphatic rings. The van der Waals surface area contributed by atoms with E-state index >= 15 is 0 Å². The molecule has 45 heavy (non-hydrogen) atoms. The summed E-state index contributed by atoms with van der Waals surface area (Å²) in [5, 5.41) is 50.8. The molecule has 3 amide bonds. The van der Waals surface area contributed by atoms with Crippen LogP contribution >= 0.6 is 0 Å². The monoisotopic (exact) mass is 621 g/mol. The highest BCUT2D eigenvalue weighted by molar-refractivity contribution is 6.25. The van der Waals surface area contributed by atoms with Crippen molar-refractivity contribution >= 4 is 40.6 Å². The molecule has 5 rings (SSSR count). The predicted molar refractivity (Wildman–Crippen MR) is 164 cm³/mol. The molecule has 238 valence electrons. The number of phenols is 1. The summed E-state index contributed by atoms with van der Waals surface area (Å²) in [7, 11) is 8.08. The fourth-order valence-electron chi connectivity index (χ4n) is 6.75. The predicted octanol–water partition coefficient (Wildman–Crippen LogP) is 1.84. The lowest BCUT2D eigenvalue weighted by Crippen LogP contribution is -2.63. The van der Waals surface area contributed by atoms with Crippen LogP contribution in [0.5, 0.6) is 11.5 Å². The van der Waals surface area contributed by atoms with Crippen molar-refractivity contribution in [3.8, 4) is 11.5 Å². The number of primary amides is 1. The van der Waals surface area contributed by atoms with Crippen molar-refractivity contribution in [2.45, 2.75) is 24.5 Å². The number of fused-ring (bicyclic) bond motifs is 3. The summed E-state index contributed by atoms with van der Waals surface area (Å²) < 4.78 is 5.12. The molecule has 8 N–H and O–H groups in total. The Morgan fingerprint density at radius 1 is 1.04 bits per heavy atom. The van der Waals surface area contributed by atoms with Gasteiger partial charge in [0.1, 0.15) is 22.8 Å². The summed E-state index contributed by atoms with van der Waals surface area (Å²) in [6, 6.07) is 6.23. The smallest absolute Gasteiger partial charge is 0.323 e. The van der Waals surface area contributed by atoms with E-state index < -0.39 is 69.8 Å². The van der Waals surface area contributed by atoms with Gasteiger partial charge in [-0.3, -0.25) is 19.3 Å². The van der Waals surface area contributed by atoms with Crippen molar-refractivity contribution in [2.75, 3.05) is 50.8 Å². The van der Waals surface area contributed by atoms with Gasteiger partial charge >= 0.3 is 6.03 Å². The lowest BCUT2D eigenvalue weighted by Gasteiger charge is -2.50. The van der Waals surface area contributed by atoms with Gasteiger partial charge < -0.3 is 46.4 Å². The summed E-state index contributed by atoms with van der Waals surface area (Å²) in [6.07, 6.45) is 0.0671. The third kappa shape index (κ3) is 4.82. The number of carbonyl (C=O) groups is 4. The van der Waals surface area contributed by atoms with Gasteiger partial charge in [-0.1, -0.05) is 0 Å². The summed E-state index contributed by atoms with van der Waals surface area (Å²) in [5.41, 5.74) is 2.49. The Hall–Kier alpha value is -5.08. The molecule has 3 aliphatic carbocycles. The first-order valence-corrected chi connectivity index (χ1v) is 14.1. The van der Waals surface area contributed by atoms with Crippen LogP contribution in [-0.2, 0) is 16.0 Å². The number of nitrogens with zero attached hydrogens (tertiary/aromatic N) is 2. The van der Waals surface area contributed by atoms with Crippen molar-refractivity contribution in [3.63, 3.8) is 0 Å². The highest BCUT2D eigenvalue weighted by atomic mass is 16.5. The molecule has 0 radical (unpaired) electrons. The highest BCUT2D eigenvalue weighted by Gasteiger charge is 2.63. The molecule has 0 aromatic heterocycles. The second-order valence-electron chi connectivity index (χ2n) is 11.8. The first-order chi connectivity index (χ1) is 21.1. The maximum atomic E-state index is 14.1. The Kier molecular flexibility index (Phi) is 7.75. The van der Waals surface area contributed by atoms with Crippen LogP contribution in [0.4, 0.5) is 21.9 Å². The van der Waals surface area contributed by atoms with Crippen molar-refractivity contribution in [1.29, 1.82) is 0 Å². The zero-order valence-electron chi connectivity index (χ0n) is 25.3.